The molecular formula is C14H28N2. The highest BCUT2D eigenvalue weighted by atomic mass is 15.1. The molecule has 2 N–H and O–H groups in total. The van der Waals surface area contributed by atoms with Gasteiger partial charge in [-0.3, -0.25) is 0 Å². The van der Waals surface area contributed by atoms with E-state index >= 15 is 0 Å². The Balaban J connectivity index is 1.70. The van der Waals surface area contributed by atoms with Crippen LogP contribution in [0.5, 0.6) is 0 Å². The standard InChI is InChI=1S/C14H28N2/c1-10(2)12-4-5-16(9-12)8-11(3)13-6-14(15)7-13/h10-14H,4-9,15H2,1-3H3. The Hall–Kier alpha value is -0.0800. The van der Waals surface area contributed by atoms with Gasteiger partial charge in [0.05, 0.1) is 0 Å². The molecule has 2 fully saturated rings. The first-order valence-electron chi connectivity index (χ1n) is 7.04. The summed E-state index contributed by atoms with van der Waals surface area (Å²) >= 11 is 0. The summed E-state index contributed by atoms with van der Waals surface area (Å²) in [5, 5.41) is 0. The number of nitrogens with two attached hydrogens (primary N) is 1. The van der Waals surface area contributed by atoms with Crippen LogP contribution in [0.3, 0.4) is 0 Å². The van der Waals surface area contributed by atoms with Crippen molar-refractivity contribution >= 4 is 0 Å². The van der Waals surface area contributed by atoms with Gasteiger partial charge in [0.15, 0.2) is 0 Å². The summed E-state index contributed by atoms with van der Waals surface area (Å²) in [5.41, 5.74) is 5.86. The van der Waals surface area contributed by atoms with Crippen molar-refractivity contribution in [3.8, 4) is 0 Å². The maximum Gasteiger partial charge on any atom is 0.00443 e. The molecule has 94 valence electrons. The molecule has 2 rings (SSSR count). The molecule has 0 aromatic carbocycles. The molecule has 2 atom stereocenters. The second kappa shape index (κ2) is 5.05. The van der Waals surface area contributed by atoms with Gasteiger partial charge in [0.1, 0.15) is 0 Å². The van der Waals surface area contributed by atoms with E-state index in [2.05, 4.69) is 25.7 Å². The Morgan fingerprint density at radius 1 is 1.19 bits per heavy atom. The molecule has 2 unspecified atom stereocenters. The molecule has 1 aliphatic carbocycles. The monoisotopic (exact) mass is 224 g/mol. The average molecular weight is 224 g/mol. The molecule has 16 heavy (non-hydrogen) atoms. The molecule has 0 aromatic heterocycles. The van der Waals surface area contributed by atoms with Crippen molar-refractivity contribution in [3.63, 3.8) is 0 Å². The smallest absolute Gasteiger partial charge is 0.00443 e. The Morgan fingerprint density at radius 2 is 1.88 bits per heavy atom. The normalized spacial score (nSPS) is 37.7. The van der Waals surface area contributed by atoms with E-state index < -0.39 is 0 Å². The predicted octanol–water partition coefficient (Wildman–Crippen LogP) is 2.34. The topological polar surface area (TPSA) is 29.3 Å². The highest BCUT2D eigenvalue weighted by molar-refractivity contribution is 4.87. The molecule has 0 radical (unpaired) electrons. The lowest BCUT2D eigenvalue weighted by molar-refractivity contribution is 0.143. The first-order chi connectivity index (χ1) is 7.56. The fourth-order valence-electron chi connectivity index (χ4n) is 3.30. The molecule has 2 heteroatoms. The average Bonchev–Trinajstić information content (AvgIpc) is 2.61. The number of rotatable bonds is 4. The van der Waals surface area contributed by atoms with Gasteiger partial charge in [0.2, 0.25) is 0 Å². The zero-order valence-electron chi connectivity index (χ0n) is 11.2. The van der Waals surface area contributed by atoms with Crippen molar-refractivity contribution in [2.24, 2.45) is 29.4 Å². The van der Waals surface area contributed by atoms with E-state index in [0.29, 0.717) is 6.04 Å². The van der Waals surface area contributed by atoms with Gasteiger partial charge in [0, 0.05) is 19.1 Å². The highest BCUT2D eigenvalue weighted by Crippen LogP contribution is 2.34. The van der Waals surface area contributed by atoms with E-state index in [1.54, 1.807) is 0 Å². The molecular weight excluding hydrogens is 196 g/mol. The minimum Gasteiger partial charge on any atom is -0.328 e. The Morgan fingerprint density at radius 3 is 2.38 bits per heavy atom. The molecule has 2 aliphatic rings. The number of nitrogens with zero attached hydrogens (tertiary/aromatic N) is 1. The summed E-state index contributed by atoms with van der Waals surface area (Å²) in [6.45, 7) is 11.1. The van der Waals surface area contributed by atoms with Crippen LogP contribution in [-0.2, 0) is 0 Å². The molecule has 0 amide bonds. The van der Waals surface area contributed by atoms with E-state index in [0.717, 1.165) is 23.7 Å². The zero-order chi connectivity index (χ0) is 11.7. The van der Waals surface area contributed by atoms with Crippen LogP contribution in [0.4, 0.5) is 0 Å². The van der Waals surface area contributed by atoms with Gasteiger partial charge in [-0.1, -0.05) is 20.8 Å². The van der Waals surface area contributed by atoms with Crippen molar-refractivity contribution in [2.45, 2.75) is 46.1 Å². The molecule has 1 aliphatic heterocycles. The van der Waals surface area contributed by atoms with Gasteiger partial charge in [-0.2, -0.15) is 0 Å². The fourth-order valence-corrected chi connectivity index (χ4v) is 3.30. The third-order valence-electron chi connectivity index (χ3n) is 4.81. The van der Waals surface area contributed by atoms with Crippen LogP contribution in [0.2, 0.25) is 0 Å². The van der Waals surface area contributed by atoms with Crippen LogP contribution >= 0.6 is 0 Å². The van der Waals surface area contributed by atoms with Crippen molar-refractivity contribution in [1.29, 1.82) is 0 Å². The minimum atomic E-state index is 0.509. The Kier molecular flexibility index (Phi) is 3.91. The predicted molar refractivity (Wildman–Crippen MR) is 69.2 cm³/mol. The first kappa shape index (κ1) is 12.4. The van der Waals surface area contributed by atoms with E-state index in [1.165, 1.54) is 38.9 Å². The fraction of sp³-hybridized carbons (Fsp3) is 1.00. The summed E-state index contributed by atoms with van der Waals surface area (Å²) in [6.07, 6.45) is 3.94. The maximum atomic E-state index is 5.86. The lowest BCUT2D eigenvalue weighted by Gasteiger charge is -2.38. The maximum absolute atomic E-state index is 5.86. The quantitative estimate of drug-likeness (QED) is 0.794. The summed E-state index contributed by atoms with van der Waals surface area (Å²) in [6, 6.07) is 0.509. The highest BCUT2D eigenvalue weighted by Gasteiger charge is 2.33. The number of hydrogen-bond donors (Lipinski definition) is 1. The minimum absolute atomic E-state index is 0.509. The summed E-state index contributed by atoms with van der Waals surface area (Å²) < 4.78 is 0. The number of likely N-dealkylation sites (tertiary alicyclic amines) is 1. The lowest BCUT2D eigenvalue weighted by atomic mass is 9.73. The van der Waals surface area contributed by atoms with Crippen molar-refractivity contribution in [2.75, 3.05) is 19.6 Å². The van der Waals surface area contributed by atoms with Crippen LogP contribution in [0.25, 0.3) is 0 Å². The molecule has 0 bridgehead atoms. The van der Waals surface area contributed by atoms with Gasteiger partial charge in [-0.05, 0) is 49.5 Å². The van der Waals surface area contributed by atoms with Crippen LogP contribution in [0, 0.1) is 23.7 Å². The third kappa shape index (κ3) is 2.78. The van der Waals surface area contributed by atoms with Crippen LogP contribution in [-0.4, -0.2) is 30.6 Å². The van der Waals surface area contributed by atoms with Gasteiger partial charge in [0.25, 0.3) is 0 Å². The SMILES string of the molecule is CC(C)C1CCN(CC(C)C2CC(N)C2)C1. The summed E-state index contributed by atoms with van der Waals surface area (Å²) in [7, 11) is 0. The molecule has 1 saturated heterocycles. The van der Waals surface area contributed by atoms with E-state index in [9.17, 15) is 0 Å². The van der Waals surface area contributed by atoms with Gasteiger partial charge < -0.3 is 10.6 Å². The lowest BCUT2D eigenvalue weighted by Crippen LogP contribution is -2.42. The molecule has 0 aromatic rings. The van der Waals surface area contributed by atoms with E-state index in [-0.39, 0.29) is 0 Å². The number of hydrogen-bond acceptors (Lipinski definition) is 2. The van der Waals surface area contributed by atoms with E-state index in [4.69, 9.17) is 5.73 Å². The van der Waals surface area contributed by atoms with Crippen LogP contribution in [0.15, 0.2) is 0 Å². The van der Waals surface area contributed by atoms with Gasteiger partial charge >= 0.3 is 0 Å². The van der Waals surface area contributed by atoms with E-state index in [1.807, 2.05) is 0 Å². The summed E-state index contributed by atoms with van der Waals surface area (Å²) in [4.78, 5) is 2.68. The third-order valence-corrected chi connectivity index (χ3v) is 4.81. The van der Waals surface area contributed by atoms with Gasteiger partial charge in [-0.25, -0.2) is 0 Å². The Labute approximate surface area is 101 Å². The Bertz CT molecular complexity index is 221. The second-order valence-electron chi connectivity index (χ2n) is 6.52. The molecule has 1 heterocycles. The molecule has 0 spiro atoms. The largest absolute Gasteiger partial charge is 0.328 e. The van der Waals surface area contributed by atoms with Crippen LogP contribution < -0.4 is 5.73 Å². The summed E-state index contributed by atoms with van der Waals surface area (Å²) in [5.74, 6) is 3.56. The first-order valence-corrected chi connectivity index (χ1v) is 7.04. The van der Waals surface area contributed by atoms with Gasteiger partial charge in [-0.15, -0.1) is 0 Å². The molecule has 1 saturated carbocycles. The van der Waals surface area contributed by atoms with Crippen molar-refractivity contribution in [3.05, 3.63) is 0 Å². The molecule has 2 nitrogen and oxygen atoms in total. The second-order valence-corrected chi connectivity index (χ2v) is 6.52. The van der Waals surface area contributed by atoms with Crippen LogP contribution in [0.1, 0.15) is 40.0 Å². The van der Waals surface area contributed by atoms with Crippen molar-refractivity contribution in [1.82, 2.24) is 4.90 Å². The zero-order valence-corrected chi connectivity index (χ0v) is 11.2. The van der Waals surface area contributed by atoms with Crippen molar-refractivity contribution < 1.29 is 0 Å².